The molecule has 0 radical (unpaired) electrons. The highest BCUT2D eigenvalue weighted by molar-refractivity contribution is 7.89. The van der Waals surface area contributed by atoms with Crippen molar-refractivity contribution in [3.63, 3.8) is 0 Å². The van der Waals surface area contributed by atoms with Gasteiger partial charge in [-0.1, -0.05) is 59.1 Å². The Morgan fingerprint density at radius 1 is 0.886 bits per heavy atom. The van der Waals surface area contributed by atoms with Crippen LogP contribution in [0.3, 0.4) is 0 Å². The van der Waals surface area contributed by atoms with Gasteiger partial charge in [0.2, 0.25) is 15.8 Å². The maximum Gasteiger partial charge on any atom is 0.343 e. The number of anilines is 1. The molecule has 8 nitrogen and oxygen atoms in total. The van der Waals surface area contributed by atoms with Crippen molar-refractivity contribution >= 4 is 45.1 Å². The van der Waals surface area contributed by atoms with Crippen LogP contribution in [0.5, 0.6) is 0 Å². The zero-order valence-corrected chi connectivity index (χ0v) is 26.3. The highest BCUT2D eigenvalue weighted by atomic mass is 35.5. The van der Waals surface area contributed by atoms with Crippen molar-refractivity contribution in [3.05, 3.63) is 135 Å². The van der Waals surface area contributed by atoms with Gasteiger partial charge in [-0.05, 0) is 74.9 Å². The van der Waals surface area contributed by atoms with Crippen LogP contribution in [0, 0.1) is 13.8 Å². The van der Waals surface area contributed by atoms with Gasteiger partial charge in [-0.15, -0.1) is 0 Å². The van der Waals surface area contributed by atoms with Gasteiger partial charge in [-0.2, -0.15) is 4.31 Å². The molecule has 0 amide bonds. The van der Waals surface area contributed by atoms with Crippen LogP contribution in [0.4, 0.5) is 5.69 Å². The maximum absolute atomic E-state index is 13.8. The van der Waals surface area contributed by atoms with Crippen molar-refractivity contribution in [1.29, 1.82) is 0 Å². The van der Waals surface area contributed by atoms with Crippen molar-refractivity contribution in [3.8, 4) is 0 Å². The van der Waals surface area contributed by atoms with E-state index in [1.165, 1.54) is 35.7 Å². The lowest BCUT2D eigenvalue weighted by Gasteiger charge is -2.22. The summed E-state index contributed by atoms with van der Waals surface area (Å²) in [5.74, 6) is -0.545. The topological polar surface area (TPSA) is 97.1 Å². The van der Waals surface area contributed by atoms with E-state index in [0.29, 0.717) is 27.9 Å². The molecule has 4 aromatic rings. The zero-order valence-electron chi connectivity index (χ0n) is 24.7. The van der Waals surface area contributed by atoms with E-state index in [2.05, 4.69) is 0 Å². The maximum atomic E-state index is 13.8. The minimum atomic E-state index is -3.94. The number of allylic oxidation sites excluding steroid dienone is 2. The lowest BCUT2D eigenvalue weighted by atomic mass is 10.1. The second-order valence-electron chi connectivity index (χ2n) is 10.5. The van der Waals surface area contributed by atoms with Gasteiger partial charge >= 0.3 is 5.97 Å². The smallest absolute Gasteiger partial charge is 0.343 e. The largest absolute Gasteiger partial charge is 0.465 e. The number of methoxy groups -OCH3 is 1. The Morgan fingerprint density at radius 3 is 2.11 bits per heavy atom. The van der Waals surface area contributed by atoms with Gasteiger partial charge < -0.3 is 14.1 Å². The third-order valence-corrected chi connectivity index (χ3v) is 9.36. The molecule has 0 spiro atoms. The Hall–Kier alpha value is -4.44. The highest BCUT2D eigenvalue weighted by Gasteiger charge is 2.38. The van der Waals surface area contributed by atoms with Crippen molar-refractivity contribution in [2.24, 2.45) is 0 Å². The monoisotopic (exact) mass is 630 g/mol. The van der Waals surface area contributed by atoms with Gasteiger partial charge in [-0.25, -0.2) is 13.2 Å². The molecule has 0 aliphatic carbocycles. The van der Waals surface area contributed by atoms with E-state index < -0.39 is 21.8 Å². The molecule has 0 N–H and O–H groups in total. The number of rotatable bonds is 9. The van der Waals surface area contributed by atoms with Crippen LogP contribution in [-0.4, -0.2) is 31.6 Å². The van der Waals surface area contributed by atoms with E-state index in [0.717, 1.165) is 16.7 Å². The van der Waals surface area contributed by atoms with Crippen LogP contribution in [0.25, 0.3) is 6.08 Å². The lowest BCUT2D eigenvalue weighted by molar-refractivity contribution is -0.137. The normalized spacial score (nSPS) is 14.6. The van der Waals surface area contributed by atoms with Crippen LogP contribution in [0.2, 0.25) is 5.02 Å². The number of carbonyl (C=O) groups is 2. The number of halogens is 1. The molecule has 5 rings (SSSR count). The lowest BCUT2D eigenvalue weighted by Crippen LogP contribution is -2.30. The van der Waals surface area contributed by atoms with E-state index in [1.807, 2.05) is 62.4 Å². The summed E-state index contributed by atoms with van der Waals surface area (Å²) < 4.78 is 39.8. The highest BCUT2D eigenvalue weighted by Crippen LogP contribution is 2.36. The van der Waals surface area contributed by atoms with Crippen molar-refractivity contribution in [2.75, 3.05) is 12.0 Å². The molecule has 1 aromatic heterocycles. The second kappa shape index (κ2) is 12.7. The quantitative estimate of drug-likeness (QED) is 0.114. The SMILES string of the molecule is COC(=O)C1=C(C)N(c2ccc(C)cc2)/C(=C/c2ccc(CN(Cc3ccc(C)cc3)S(=O)(=O)c3ccc(Cl)cc3)o2)C1=O. The molecule has 1 aliphatic heterocycles. The van der Waals surface area contributed by atoms with Crippen LogP contribution in [0.1, 0.15) is 35.1 Å². The summed E-state index contributed by atoms with van der Waals surface area (Å²) in [6.45, 7) is 5.64. The third-order valence-electron chi connectivity index (χ3n) is 7.30. The van der Waals surface area contributed by atoms with Crippen LogP contribution >= 0.6 is 11.6 Å². The molecule has 0 saturated heterocycles. The predicted molar refractivity (Wildman–Crippen MR) is 169 cm³/mol. The molecule has 2 heterocycles. The number of hydrogen-bond acceptors (Lipinski definition) is 7. The number of Topliss-reactive ketones (excluding diaryl/α,β-unsaturated/α-hetero) is 1. The van der Waals surface area contributed by atoms with E-state index in [1.54, 1.807) is 30.0 Å². The van der Waals surface area contributed by atoms with Gasteiger partial charge in [0, 0.05) is 29.0 Å². The summed E-state index contributed by atoms with van der Waals surface area (Å²) in [4.78, 5) is 27.8. The standard InChI is InChI=1S/C34H31ClN2O6S/c1-22-5-9-25(10-6-22)20-36(44(40,41)30-17-11-26(35)12-18-30)21-29-16-15-28(43-29)19-31-33(38)32(34(39)42-4)24(3)37(31)27-13-7-23(2)8-14-27/h5-19H,20-21H2,1-4H3/b31-19+. The number of hydrogen-bond donors (Lipinski definition) is 0. The molecule has 1 aliphatic rings. The number of carbonyl (C=O) groups excluding carboxylic acids is 2. The van der Waals surface area contributed by atoms with Gasteiger partial charge in [0.1, 0.15) is 17.1 Å². The van der Waals surface area contributed by atoms with Gasteiger partial charge in [-0.3, -0.25) is 4.79 Å². The number of aryl methyl sites for hydroxylation is 2. The van der Waals surface area contributed by atoms with E-state index in [9.17, 15) is 18.0 Å². The summed E-state index contributed by atoms with van der Waals surface area (Å²) in [7, 11) is -2.71. The predicted octanol–water partition coefficient (Wildman–Crippen LogP) is 6.82. The van der Waals surface area contributed by atoms with Crippen LogP contribution < -0.4 is 4.90 Å². The van der Waals surface area contributed by atoms with E-state index in [-0.39, 0.29) is 29.3 Å². The fourth-order valence-corrected chi connectivity index (χ4v) is 6.45. The summed E-state index contributed by atoms with van der Waals surface area (Å²) in [5, 5.41) is 0.430. The van der Waals surface area contributed by atoms with Gasteiger partial charge in [0.05, 0.1) is 24.2 Å². The van der Waals surface area contributed by atoms with E-state index in [4.69, 9.17) is 20.8 Å². The molecule has 0 unspecified atom stereocenters. The molecule has 3 aromatic carbocycles. The molecule has 44 heavy (non-hydrogen) atoms. The Morgan fingerprint density at radius 2 is 1.50 bits per heavy atom. The summed E-state index contributed by atoms with van der Waals surface area (Å²) in [6, 6.07) is 24.5. The third kappa shape index (κ3) is 6.40. The molecular formula is C34H31ClN2O6S. The number of ether oxygens (including phenoxy) is 1. The molecule has 0 fully saturated rings. The van der Waals surface area contributed by atoms with Crippen molar-refractivity contribution in [2.45, 2.75) is 38.8 Å². The summed E-state index contributed by atoms with van der Waals surface area (Å²) in [5.41, 5.74) is 4.18. The average Bonchev–Trinajstić information content (AvgIpc) is 3.54. The molecule has 0 bridgehead atoms. The average molecular weight is 631 g/mol. The second-order valence-corrected chi connectivity index (χ2v) is 12.9. The first-order valence-corrected chi connectivity index (χ1v) is 15.6. The summed E-state index contributed by atoms with van der Waals surface area (Å²) >= 11 is 6.01. The molecule has 0 saturated carbocycles. The van der Waals surface area contributed by atoms with Crippen LogP contribution in [0.15, 0.2) is 111 Å². The summed E-state index contributed by atoms with van der Waals surface area (Å²) in [6.07, 6.45) is 1.54. The molecule has 10 heteroatoms. The molecule has 226 valence electrons. The Bertz CT molecular complexity index is 1870. The Kier molecular flexibility index (Phi) is 8.92. The minimum Gasteiger partial charge on any atom is -0.465 e. The number of nitrogens with zero attached hydrogens (tertiary/aromatic N) is 2. The number of benzene rings is 3. The fourth-order valence-electron chi connectivity index (χ4n) is 4.93. The first-order chi connectivity index (χ1) is 21.0. The Labute approximate surface area is 261 Å². The van der Waals surface area contributed by atoms with Crippen molar-refractivity contribution in [1.82, 2.24) is 4.31 Å². The van der Waals surface area contributed by atoms with Crippen LogP contribution in [-0.2, 0) is 37.4 Å². The van der Waals surface area contributed by atoms with Gasteiger partial charge in [0.25, 0.3) is 0 Å². The number of esters is 1. The minimum absolute atomic E-state index is 0.0653. The number of furan rings is 1. The fraction of sp³-hybridized carbons (Fsp3) is 0.176. The zero-order chi connectivity index (χ0) is 31.6. The van der Waals surface area contributed by atoms with Gasteiger partial charge in [0.15, 0.2) is 0 Å². The Balaban J connectivity index is 1.49. The number of ketones is 1. The first-order valence-electron chi connectivity index (χ1n) is 13.8. The van der Waals surface area contributed by atoms with E-state index >= 15 is 0 Å². The number of sulfonamides is 1. The molecule has 0 atom stereocenters. The first kappa shape index (κ1) is 31.0. The van der Waals surface area contributed by atoms with Crippen molar-refractivity contribution < 1.29 is 27.2 Å². The molecular weight excluding hydrogens is 600 g/mol.